The third-order valence-corrected chi connectivity index (χ3v) is 7.71. The second kappa shape index (κ2) is 8.85. The zero-order chi connectivity index (χ0) is 23.0. The summed E-state index contributed by atoms with van der Waals surface area (Å²) in [4.78, 5) is 11.1. The average molecular weight is 447 g/mol. The summed E-state index contributed by atoms with van der Waals surface area (Å²) in [5.41, 5.74) is 3.21. The van der Waals surface area contributed by atoms with Gasteiger partial charge in [-0.3, -0.25) is 0 Å². The van der Waals surface area contributed by atoms with E-state index < -0.39 is 12.1 Å². The van der Waals surface area contributed by atoms with Crippen LogP contribution in [-0.2, 0) is 5.41 Å². The van der Waals surface area contributed by atoms with Crippen LogP contribution in [0.3, 0.4) is 0 Å². The maximum atomic E-state index is 11.1. The largest absolute Gasteiger partial charge is 0.490 e. The smallest absolute Gasteiger partial charge is 0.335 e. The lowest BCUT2D eigenvalue weighted by Gasteiger charge is -2.57. The lowest BCUT2D eigenvalue weighted by molar-refractivity contribution is -0.00738. The van der Waals surface area contributed by atoms with Crippen LogP contribution in [0.4, 0.5) is 0 Å². The fraction of sp³-hybridized carbons (Fsp3) is 0.464. The Bertz CT molecular complexity index is 1060. The van der Waals surface area contributed by atoms with Crippen LogP contribution >= 0.6 is 0 Å². The number of rotatable bonds is 6. The molecule has 0 aromatic heterocycles. The van der Waals surface area contributed by atoms with Gasteiger partial charge in [-0.2, -0.15) is 0 Å². The van der Waals surface area contributed by atoms with Crippen LogP contribution in [0.1, 0.15) is 65.6 Å². The van der Waals surface area contributed by atoms with Gasteiger partial charge in [0, 0.05) is 16.7 Å². The fourth-order valence-electron chi connectivity index (χ4n) is 6.67. The molecule has 1 atom stereocenters. The highest BCUT2D eigenvalue weighted by atomic mass is 16.5. The number of carboxylic acids is 1. The predicted molar refractivity (Wildman–Crippen MR) is 124 cm³/mol. The van der Waals surface area contributed by atoms with Crippen LogP contribution in [0.2, 0.25) is 0 Å². The Balaban J connectivity index is 1.47. The van der Waals surface area contributed by atoms with E-state index >= 15 is 0 Å². The summed E-state index contributed by atoms with van der Waals surface area (Å²) < 4.78 is 6.02. The Hall–Kier alpha value is -2.81. The molecule has 0 saturated heterocycles. The van der Waals surface area contributed by atoms with Crippen molar-refractivity contribution in [3.05, 3.63) is 64.7 Å². The Morgan fingerprint density at radius 1 is 0.970 bits per heavy atom. The zero-order valence-corrected chi connectivity index (χ0v) is 18.7. The van der Waals surface area contributed by atoms with Gasteiger partial charge in [-0.25, -0.2) is 4.79 Å². The quantitative estimate of drug-likeness (QED) is 0.584. The molecule has 0 radical (unpaired) electrons. The SMILES string of the molecule is O=C(O)c1ccc(C#Cc2ccc(OCC(O)CO)c(C34CC5CC(CC(C5)C3)C4)c2)cc1. The Morgan fingerprint density at radius 3 is 2.12 bits per heavy atom. The van der Waals surface area contributed by atoms with Gasteiger partial charge >= 0.3 is 5.97 Å². The molecule has 0 heterocycles. The van der Waals surface area contributed by atoms with E-state index in [1.165, 1.54) is 44.1 Å². The zero-order valence-electron chi connectivity index (χ0n) is 18.7. The van der Waals surface area contributed by atoms with Crippen molar-refractivity contribution in [1.82, 2.24) is 0 Å². The molecule has 2 aromatic carbocycles. The Kier molecular flexibility index (Phi) is 5.90. The van der Waals surface area contributed by atoms with E-state index in [-0.39, 0.29) is 24.2 Å². The number of carboxylic acid groups (broad SMARTS) is 1. The van der Waals surface area contributed by atoms with Gasteiger partial charge in [0.25, 0.3) is 0 Å². The van der Waals surface area contributed by atoms with Gasteiger partial charge < -0.3 is 20.1 Å². The standard InChI is InChI=1S/C28H30O5/c29-16-24(30)17-33-26-8-5-19(2-1-18-3-6-23(7-4-18)27(31)32)12-25(26)28-13-20-9-21(14-28)11-22(10-20)15-28/h3-8,12,20-22,24,29-30H,9-11,13-17H2,(H,31,32). The summed E-state index contributed by atoms with van der Waals surface area (Å²) in [5, 5.41) is 28.1. The number of aromatic carboxylic acids is 1. The van der Waals surface area contributed by atoms with Gasteiger partial charge in [-0.1, -0.05) is 11.8 Å². The number of aliphatic hydroxyl groups is 2. The van der Waals surface area contributed by atoms with Crippen molar-refractivity contribution in [2.75, 3.05) is 13.2 Å². The number of ether oxygens (including phenoxy) is 1. The molecule has 6 rings (SSSR count). The molecule has 4 fully saturated rings. The summed E-state index contributed by atoms with van der Waals surface area (Å²) in [6.45, 7) is -0.256. The second-order valence-electron chi connectivity index (χ2n) is 10.2. The molecule has 33 heavy (non-hydrogen) atoms. The van der Waals surface area contributed by atoms with Gasteiger partial charge in [0.2, 0.25) is 0 Å². The number of hydrogen-bond acceptors (Lipinski definition) is 4. The third kappa shape index (κ3) is 4.51. The number of hydrogen-bond donors (Lipinski definition) is 3. The van der Waals surface area contributed by atoms with Crippen molar-refractivity contribution in [2.24, 2.45) is 17.8 Å². The van der Waals surface area contributed by atoms with Gasteiger partial charge in [0.15, 0.2) is 0 Å². The highest BCUT2D eigenvalue weighted by molar-refractivity contribution is 5.87. The number of carbonyl (C=O) groups is 1. The fourth-order valence-corrected chi connectivity index (χ4v) is 6.67. The van der Waals surface area contributed by atoms with Crippen LogP contribution < -0.4 is 4.74 Å². The minimum absolute atomic E-state index is 0.0663. The van der Waals surface area contributed by atoms with Crippen molar-refractivity contribution in [3.8, 4) is 17.6 Å². The highest BCUT2D eigenvalue weighted by Crippen LogP contribution is 2.61. The molecule has 0 aliphatic heterocycles. The van der Waals surface area contributed by atoms with E-state index in [0.717, 1.165) is 34.6 Å². The summed E-state index contributed by atoms with van der Waals surface area (Å²) in [6.07, 6.45) is 6.71. The molecule has 1 unspecified atom stereocenters. The highest BCUT2D eigenvalue weighted by Gasteiger charge is 2.52. The number of aliphatic hydroxyl groups excluding tert-OH is 2. The summed E-state index contributed by atoms with van der Waals surface area (Å²) in [6, 6.07) is 12.6. The van der Waals surface area contributed by atoms with Crippen molar-refractivity contribution in [2.45, 2.75) is 50.0 Å². The topological polar surface area (TPSA) is 87.0 Å². The van der Waals surface area contributed by atoms with Gasteiger partial charge in [-0.15, -0.1) is 0 Å². The molecule has 0 amide bonds. The summed E-state index contributed by atoms with van der Waals surface area (Å²) >= 11 is 0. The van der Waals surface area contributed by atoms with Crippen LogP contribution in [0.5, 0.6) is 5.75 Å². The van der Waals surface area contributed by atoms with Crippen molar-refractivity contribution in [1.29, 1.82) is 0 Å². The molecule has 172 valence electrons. The van der Waals surface area contributed by atoms with E-state index in [1.807, 2.05) is 12.1 Å². The maximum absolute atomic E-state index is 11.1. The molecule has 4 aliphatic carbocycles. The first kappa shape index (κ1) is 22.0. The molecular weight excluding hydrogens is 416 g/mol. The molecule has 4 saturated carbocycles. The van der Waals surface area contributed by atoms with Crippen molar-refractivity contribution >= 4 is 5.97 Å². The van der Waals surface area contributed by atoms with Gasteiger partial charge in [0.05, 0.1) is 12.2 Å². The summed E-state index contributed by atoms with van der Waals surface area (Å²) in [5.74, 6) is 8.60. The minimum atomic E-state index is -0.948. The van der Waals surface area contributed by atoms with Crippen LogP contribution in [0, 0.1) is 29.6 Å². The lowest BCUT2D eigenvalue weighted by atomic mass is 9.48. The molecule has 4 bridgehead atoms. The first-order chi connectivity index (χ1) is 15.9. The normalized spacial score (nSPS) is 28.1. The Morgan fingerprint density at radius 2 is 1.55 bits per heavy atom. The third-order valence-electron chi connectivity index (χ3n) is 7.71. The molecule has 5 heteroatoms. The second-order valence-corrected chi connectivity index (χ2v) is 10.2. The van der Waals surface area contributed by atoms with Gasteiger partial charge in [0.1, 0.15) is 18.5 Å². The van der Waals surface area contributed by atoms with Crippen LogP contribution in [-0.4, -0.2) is 40.6 Å². The van der Waals surface area contributed by atoms with Crippen molar-refractivity contribution in [3.63, 3.8) is 0 Å². The van der Waals surface area contributed by atoms with Crippen molar-refractivity contribution < 1.29 is 24.9 Å². The molecule has 5 nitrogen and oxygen atoms in total. The predicted octanol–water partition coefficient (Wildman–Crippen LogP) is 3.98. The lowest BCUT2D eigenvalue weighted by Crippen LogP contribution is -2.48. The monoisotopic (exact) mass is 446 g/mol. The molecule has 0 spiro atoms. The molecule has 2 aromatic rings. The Labute approximate surface area is 194 Å². The molecule has 3 N–H and O–H groups in total. The number of benzene rings is 2. The van der Waals surface area contributed by atoms with Gasteiger partial charge in [-0.05, 0) is 104 Å². The van der Waals surface area contributed by atoms with Crippen LogP contribution in [0.25, 0.3) is 0 Å². The molecule has 4 aliphatic rings. The first-order valence-electron chi connectivity index (χ1n) is 11.9. The van der Waals surface area contributed by atoms with E-state index in [0.29, 0.717) is 0 Å². The maximum Gasteiger partial charge on any atom is 0.335 e. The minimum Gasteiger partial charge on any atom is -0.490 e. The van der Waals surface area contributed by atoms with E-state index in [9.17, 15) is 15.0 Å². The first-order valence-corrected chi connectivity index (χ1v) is 11.9. The molecular formula is C28H30O5. The average Bonchev–Trinajstić information content (AvgIpc) is 2.80. The van der Waals surface area contributed by atoms with E-state index in [2.05, 4.69) is 17.9 Å². The van der Waals surface area contributed by atoms with E-state index in [1.54, 1.807) is 24.3 Å². The summed E-state index contributed by atoms with van der Waals surface area (Å²) in [7, 11) is 0. The van der Waals surface area contributed by atoms with Crippen LogP contribution in [0.15, 0.2) is 42.5 Å². The van der Waals surface area contributed by atoms with E-state index in [4.69, 9.17) is 9.84 Å².